The summed E-state index contributed by atoms with van der Waals surface area (Å²) in [5.41, 5.74) is 0.731. The molecule has 120 valence electrons. The molecule has 0 spiro atoms. The van der Waals surface area contributed by atoms with Crippen molar-refractivity contribution in [1.29, 1.82) is 0 Å². The van der Waals surface area contributed by atoms with Crippen molar-refractivity contribution in [3.05, 3.63) is 12.5 Å². The van der Waals surface area contributed by atoms with Gasteiger partial charge in [-0.2, -0.15) is 0 Å². The molecule has 0 bridgehead atoms. The summed E-state index contributed by atoms with van der Waals surface area (Å²) in [6.07, 6.45) is 8.35. The number of aromatic nitrogens is 2. The highest BCUT2D eigenvalue weighted by Crippen LogP contribution is 2.28. The zero-order valence-corrected chi connectivity index (χ0v) is 13.1. The molecule has 6 nitrogen and oxygen atoms in total. The van der Waals surface area contributed by atoms with Crippen molar-refractivity contribution in [3.8, 4) is 0 Å². The van der Waals surface area contributed by atoms with Crippen LogP contribution in [-0.2, 0) is 9.53 Å². The number of ether oxygens (including phenoxy) is 1. The summed E-state index contributed by atoms with van der Waals surface area (Å²) < 4.78 is 5.65. The van der Waals surface area contributed by atoms with Crippen LogP contribution in [0.25, 0.3) is 0 Å². The second kappa shape index (κ2) is 7.05. The Kier molecular flexibility index (Phi) is 4.87. The summed E-state index contributed by atoms with van der Waals surface area (Å²) in [5.74, 6) is 0.933. The summed E-state index contributed by atoms with van der Waals surface area (Å²) in [6, 6.07) is 0. The van der Waals surface area contributed by atoms with Gasteiger partial charge in [0.05, 0.1) is 12.3 Å². The van der Waals surface area contributed by atoms with E-state index in [-0.39, 0.29) is 17.9 Å². The van der Waals surface area contributed by atoms with E-state index in [0.717, 1.165) is 43.9 Å². The summed E-state index contributed by atoms with van der Waals surface area (Å²) in [4.78, 5) is 23.2. The molecule has 2 atom stereocenters. The zero-order chi connectivity index (χ0) is 15.4. The molecule has 6 heteroatoms. The van der Waals surface area contributed by atoms with Gasteiger partial charge in [-0.15, -0.1) is 0 Å². The lowest BCUT2D eigenvalue weighted by Gasteiger charge is -2.28. The second-order valence-corrected chi connectivity index (χ2v) is 6.07. The number of rotatable bonds is 4. The molecule has 1 aromatic rings. The summed E-state index contributed by atoms with van der Waals surface area (Å²) in [7, 11) is 0. The highest BCUT2D eigenvalue weighted by atomic mass is 16.5. The smallest absolute Gasteiger partial charge is 0.227 e. The van der Waals surface area contributed by atoms with Crippen LogP contribution in [0.1, 0.15) is 39.0 Å². The Morgan fingerprint density at radius 1 is 1.45 bits per heavy atom. The summed E-state index contributed by atoms with van der Waals surface area (Å²) >= 11 is 0. The first-order valence-corrected chi connectivity index (χ1v) is 8.25. The molecule has 3 rings (SSSR count). The third-order valence-electron chi connectivity index (χ3n) is 4.55. The number of carbonyl (C=O) groups is 1. The van der Waals surface area contributed by atoms with Crippen LogP contribution in [0.5, 0.6) is 0 Å². The Balaban J connectivity index is 1.68. The largest absolute Gasteiger partial charge is 0.378 e. The quantitative estimate of drug-likeness (QED) is 0.924. The number of anilines is 2. The van der Waals surface area contributed by atoms with E-state index in [9.17, 15) is 4.79 Å². The van der Waals surface area contributed by atoms with Crippen LogP contribution in [0, 0.1) is 5.92 Å². The molecular formula is C16H24N4O2. The van der Waals surface area contributed by atoms with E-state index in [1.54, 1.807) is 12.5 Å². The third kappa shape index (κ3) is 3.38. The van der Waals surface area contributed by atoms with Crippen molar-refractivity contribution in [2.75, 3.05) is 29.9 Å². The van der Waals surface area contributed by atoms with Gasteiger partial charge in [-0.3, -0.25) is 4.79 Å². The molecule has 1 aromatic heterocycles. The van der Waals surface area contributed by atoms with E-state index in [1.807, 2.05) is 0 Å². The van der Waals surface area contributed by atoms with Gasteiger partial charge >= 0.3 is 0 Å². The van der Waals surface area contributed by atoms with Gasteiger partial charge in [-0.1, -0.05) is 6.92 Å². The Bertz CT molecular complexity index is 517. The van der Waals surface area contributed by atoms with Crippen LogP contribution in [0.3, 0.4) is 0 Å². The highest BCUT2D eigenvalue weighted by molar-refractivity contribution is 5.95. The fourth-order valence-corrected chi connectivity index (χ4v) is 3.23. The Morgan fingerprint density at radius 3 is 3.05 bits per heavy atom. The van der Waals surface area contributed by atoms with Crippen molar-refractivity contribution in [3.63, 3.8) is 0 Å². The fourth-order valence-electron chi connectivity index (χ4n) is 3.23. The van der Waals surface area contributed by atoms with E-state index >= 15 is 0 Å². The lowest BCUT2D eigenvalue weighted by molar-refractivity contribution is -0.124. The molecule has 22 heavy (non-hydrogen) atoms. The summed E-state index contributed by atoms with van der Waals surface area (Å²) in [5, 5.41) is 3.04. The zero-order valence-electron chi connectivity index (χ0n) is 13.1. The number of nitrogens with zero attached hydrogens (tertiary/aromatic N) is 3. The average molecular weight is 304 g/mol. The van der Waals surface area contributed by atoms with E-state index < -0.39 is 0 Å². The monoisotopic (exact) mass is 304 g/mol. The minimum atomic E-state index is 0.0188. The first-order chi connectivity index (χ1) is 10.8. The van der Waals surface area contributed by atoms with Crippen LogP contribution < -0.4 is 10.2 Å². The van der Waals surface area contributed by atoms with E-state index in [4.69, 9.17) is 4.74 Å². The van der Waals surface area contributed by atoms with Crippen LogP contribution in [0.2, 0.25) is 0 Å². The minimum absolute atomic E-state index is 0.0188. The molecule has 0 aromatic carbocycles. The van der Waals surface area contributed by atoms with Crippen molar-refractivity contribution < 1.29 is 9.53 Å². The normalized spacial score (nSPS) is 25.2. The first-order valence-electron chi connectivity index (χ1n) is 8.25. The number of nitrogens with one attached hydrogen (secondary N) is 1. The molecule has 0 saturated carbocycles. The number of hydrogen-bond donors (Lipinski definition) is 1. The third-order valence-corrected chi connectivity index (χ3v) is 4.55. The standard InChI is InChI=1S/C16H24N4O2/c1-2-13-9-12(5-8-22-13)16(21)19-14-10-17-11-18-15(14)20-6-3-4-7-20/h10-13H,2-9H2,1H3,(H,19,21)/t12-,13-/m1/s1. The van der Waals surface area contributed by atoms with Gasteiger partial charge in [-0.25, -0.2) is 9.97 Å². The molecular weight excluding hydrogens is 280 g/mol. The topological polar surface area (TPSA) is 67.4 Å². The highest BCUT2D eigenvalue weighted by Gasteiger charge is 2.28. The maximum Gasteiger partial charge on any atom is 0.227 e. The van der Waals surface area contributed by atoms with Gasteiger partial charge in [0, 0.05) is 25.6 Å². The second-order valence-electron chi connectivity index (χ2n) is 6.07. The molecule has 2 aliphatic heterocycles. The number of amides is 1. The Hall–Kier alpha value is -1.69. The van der Waals surface area contributed by atoms with Crippen LogP contribution in [0.15, 0.2) is 12.5 Å². The molecule has 0 unspecified atom stereocenters. The van der Waals surface area contributed by atoms with Gasteiger partial charge < -0.3 is 15.0 Å². The fraction of sp³-hybridized carbons (Fsp3) is 0.688. The lowest BCUT2D eigenvalue weighted by atomic mass is 9.93. The van der Waals surface area contributed by atoms with Gasteiger partial charge in [0.1, 0.15) is 12.0 Å². The van der Waals surface area contributed by atoms with E-state index in [0.29, 0.717) is 6.61 Å². The van der Waals surface area contributed by atoms with Crippen LogP contribution in [0.4, 0.5) is 11.5 Å². The molecule has 3 heterocycles. The maximum atomic E-state index is 12.6. The van der Waals surface area contributed by atoms with Gasteiger partial charge in [-0.05, 0) is 32.1 Å². The van der Waals surface area contributed by atoms with Crippen molar-refractivity contribution in [2.45, 2.75) is 45.1 Å². The molecule has 0 radical (unpaired) electrons. The Morgan fingerprint density at radius 2 is 2.27 bits per heavy atom. The van der Waals surface area contributed by atoms with E-state index in [2.05, 4.69) is 27.1 Å². The summed E-state index contributed by atoms with van der Waals surface area (Å²) in [6.45, 7) is 4.76. The maximum absolute atomic E-state index is 12.6. The average Bonchev–Trinajstić information content (AvgIpc) is 3.09. The SMILES string of the molecule is CC[C@@H]1C[C@H](C(=O)Nc2cncnc2N2CCCC2)CCO1. The van der Waals surface area contributed by atoms with Crippen LogP contribution in [-0.4, -0.2) is 41.7 Å². The van der Waals surface area contributed by atoms with Crippen molar-refractivity contribution >= 4 is 17.4 Å². The van der Waals surface area contributed by atoms with Gasteiger partial charge in [0.15, 0.2) is 5.82 Å². The molecule has 2 aliphatic rings. The molecule has 2 fully saturated rings. The number of hydrogen-bond acceptors (Lipinski definition) is 5. The predicted octanol–water partition coefficient (Wildman–Crippen LogP) is 2.22. The molecule has 1 amide bonds. The lowest BCUT2D eigenvalue weighted by Crippen LogP contribution is -2.33. The Labute approximate surface area is 131 Å². The van der Waals surface area contributed by atoms with Gasteiger partial charge in [0.2, 0.25) is 5.91 Å². The van der Waals surface area contributed by atoms with Gasteiger partial charge in [0.25, 0.3) is 0 Å². The van der Waals surface area contributed by atoms with E-state index in [1.165, 1.54) is 12.8 Å². The first kappa shape index (κ1) is 15.2. The predicted molar refractivity (Wildman–Crippen MR) is 84.9 cm³/mol. The molecule has 1 N–H and O–H groups in total. The molecule has 2 saturated heterocycles. The minimum Gasteiger partial charge on any atom is -0.378 e. The van der Waals surface area contributed by atoms with Crippen LogP contribution >= 0.6 is 0 Å². The molecule has 0 aliphatic carbocycles. The number of carbonyl (C=O) groups excluding carboxylic acids is 1. The van der Waals surface area contributed by atoms with Crippen molar-refractivity contribution in [2.24, 2.45) is 5.92 Å². The van der Waals surface area contributed by atoms with Crippen molar-refractivity contribution in [1.82, 2.24) is 9.97 Å².